The van der Waals surface area contributed by atoms with Crippen molar-refractivity contribution in [2.45, 2.75) is 19.4 Å². The van der Waals surface area contributed by atoms with E-state index in [2.05, 4.69) is 9.68 Å². The van der Waals surface area contributed by atoms with Crippen molar-refractivity contribution in [1.82, 2.24) is 5.16 Å². The highest BCUT2D eigenvalue weighted by atomic mass is 16.5. The van der Waals surface area contributed by atoms with Crippen molar-refractivity contribution in [1.29, 1.82) is 0 Å². The van der Waals surface area contributed by atoms with Crippen LogP contribution < -0.4 is 15.6 Å². The van der Waals surface area contributed by atoms with Crippen LogP contribution in [0.25, 0.3) is 0 Å². The van der Waals surface area contributed by atoms with E-state index in [1.807, 2.05) is 0 Å². The standard InChI is InChI=1S/C9H12N2O6/c1-2-16-7-4(3-5(10)8(12)13)6(9(14)15)17-11-7/h5H,2-3,10H2,1H3,(H,12,13)(H,14,15)/p-1. The van der Waals surface area contributed by atoms with E-state index in [0.717, 1.165) is 0 Å². The van der Waals surface area contributed by atoms with Crippen molar-refractivity contribution in [3.8, 4) is 5.88 Å². The Morgan fingerprint density at radius 1 is 1.65 bits per heavy atom. The fourth-order valence-corrected chi connectivity index (χ4v) is 1.20. The zero-order valence-electron chi connectivity index (χ0n) is 9.00. The van der Waals surface area contributed by atoms with Gasteiger partial charge in [-0.2, -0.15) is 0 Å². The molecule has 1 aromatic heterocycles. The van der Waals surface area contributed by atoms with Crippen LogP contribution in [0.5, 0.6) is 5.88 Å². The Labute approximate surface area is 96.0 Å². The van der Waals surface area contributed by atoms with Crippen molar-refractivity contribution in [2.75, 3.05) is 6.61 Å². The van der Waals surface area contributed by atoms with Gasteiger partial charge in [0.05, 0.1) is 18.1 Å². The van der Waals surface area contributed by atoms with E-state index in [1.165, 1.54) is 0 Å². The van der Waals surface area contributed by atoms with Gasteiger partial charge in [-0.15, -0.1) is 0 Å². The quantitative estimate of drug-likeness (QED) is 0.608. The zero-order chi connectivity index (χ0) is 13.0. The van der Waals surface area contributed by atoms with Gasteiger partial charge < -0.3 is 30.0 Å². The smallest absolute Gasteiger partial charge is 0.375 e. The molecule has 8 heteroatoms. The Bertz CT molecular complexity index is 427. The molecule has 1 atom stereocenters. The molecule has 1 rings (SSSR count). The molecule has 17 heavy (non-hydrogen) atoms. The van der Waals surface area contributed by atoms with E-state index in [0.29, 0.717) is 0 Å². The molecule has 0 aliphatic carbocycles. The molecule has 0 aliphatic heterocycles. The lowest BCUT2D eigenvalue weighted by Gasteiger charge is -2.11. The third kappa shape index (κ3) is 2.94. The molecule has 1 unspecified atom stereocenters. The summed E-state index contributed by atoms with van der Waals surface area (Å²) in [6, 6.07) is -1.35. The maximum atomic E-state index is 10.8. The number of hydrogen-bond acceptors (Lipinski definition) is 7. The van der Waals surface area contributed by atoms with Crippen molar-refractivity contribution >= 4 is 11.9 Å². The number of aromatic nitrogens is 1. The second kappa shape index (κ2) is 5.30. The number of aromatic carboxylic acids is 1. The van der Waals surface area contributed by atoms with Crippen molar-refractivity contribution < 1.29 is 29.1 Å². The average Bonchev–Trinajstić information content (AvgIpc) is 2.62. The first kappa shape index (κ1) is 13.0. The highest BCUT2D eigenvalue weighted by Crippen LogP contribution is 2.23. The van der Waals surface area contributed by atoms with E-state index >= 15 is 0 Å². The molecule has 0 aliphatic rings. The van der Waals surface area contributed by atoms with Gasteiger partial charge in [0, 0.05) is 12.5 Å². The van der Waals surface area contributed by atoms with Gasteiger partial charge in [0.25, 0.3) is 11.6 Å². The van der Waals surface area contributed by atoms with Gasteiger partial charge in [0.2, 0.25) is 0 Å². The number of hydrogen-bond donors (Lipinski definition) is 2. The molecule has 0 bridgehead atoms. The molecule has 1 aromatic rings. The van der Waals surface area contributed by atoms with Crippen LogP contribution in [0.2, 0.25) is 0 Å². The number of nitrogens with two attached hydrogens (primary N) is 1. The normalized spacial score (nSPS) is 12.1. The molecule has 0 radical (unpaired) electrons. The van der Waals surface area contributed by atoms with E-state index in [9.17, 15) is 14.7 Å². The van der Waals surface area contributed by atoms with E-state index < -0.39 is 23.7 Å². The fraction of sp³-hybridized carbons (Fsp3) is 0.444. The molecule has 0 spiro atoms. The first-order chi connectivity index (χ1) is 7.97. The fourth-order valence-electron chi connectivity index (χ4n) is 1.20. The summed E-state index contributed by atoms with van der Waals surface area (Å²) in [5.41, 5.74) is 5.27. The van der Waals surface area contributed by atoms with Crippen LogP contribution >= 0.6 is 0 Å². The molecule has 0 aromatic carbocycles. The number of rotatable bonds is 6. The van der Waals surface area contributed by atoms with E-state index in [1.54, 1.807) is 6.92 Å². The highest BCUT2D eigenvalue weighted by molar-refractivity contribution is 5.87. The van der Waals surface area contributed by atoms with Gasteiger partial charge in [-0.25, -0.2) is 4.79 Å². The molecule has 1 heterocycles. The Balaban J connectivity index is 3.03. The summed E-state index contributed by atoms with van der Waals surface area (Å²) in [5, 5.41) is 22.7. The molecule has 8 nitrogen and oxygen atoms in total. The minimum absolute atomic E-state index is 0.0102. The number of nitrogens with zero attached hydrogens (tertiary/aromatic N) is 1. The first-order valence-electron chi connectivity index (χ1n) is 4.78. The van der Waals surface area contributed by atoms with Crippen molar-refractivity contribution in [3.63, 3.8) is 0 Å². The first-order valence-corrected chi connectivity index (χ1v) is 4.78. The van der Waals surface area contributed by atoms with Crippen LogP contribution in [0, 0.1) is 0 Å². The molecule has 0 saturated heterocycles. The second-order valence-corrected chi connectivity index (χ2v) is 3.16. The van der Waals surface area contributed by atoms with Crippen LogP contribution in [0.1, 0.15) is 23.0 Å². The summed E-state index contributed by atoms with van der Waals surface area (Å²) >= 11 is 0. The number of aliphatic carboxylic acids is 1. The van der Waals surface area contributed by atoms with Crippen molar-refractivity contribution in [2.24, 2.45) is 5.73 Å². The van der Waals surface area contributed by atoms with Crippen LogP contribution in [0.3, 0.4) is 0 Å². The van der Waals surface area contributed by atoms with Gasteiger partial charge in [0.1, 0.15) is 0 Å². The predicted octanol–water partition coefficient (Wildman–Crippen LogP) is -1.61. The molecule has 3 N–H and O–H groups in total. The summed E-state index contributed by atoms with van der Waals surface area (Å²) in [6.07, 6.45) is -0.289. The van der Waals surface area contributed by atoms with E-state index in [4.69, 9.17) is 15.6 Å². The van der Waals surface area contributed by atoms with Crippen LogP contribution in [-0.4, -0.2) is 34.9 Å². The molecular weight excluding hydrogens is 232 g/mol. The number of carboxylic acid groups (broad SMARTS) is 2. The largest absolute Gasteiger partial charge is 0.548 e. The monoisotopic (exact) mass is 243 g/mol. The van der Waals surface area contributed by atoms with Crippen LogP contribution in [0.4, 0.5) is 0 Å². The Morgan fingerprint density at radius 3 is 2.76 bits per heavy atom. The van der Waals surface area contributed by atoms with E-state index in [-0.39, 0.29) is 24.5 Å². The molecular formula is C9H11N2O6-. The average molecular weight is 243 g/mol. The maximum absolute atomic E-state index is 10.8. The van der Waals surface area contributed by atoms with Crippen LogP contribution in [0.15, 0.2) is 4.52 Å². The van der Waals surface area contributed by atoms with Gasteiger partial charge >= 0.3 is 5.97 Å². The molecule has 0 saturated carbocycles. The van der Waals surface area contributed by atoms with Gasteiger partial charge in [-0.1, -0.05) is 0 Å². The van der Waals surface area contributed by atoms with Gasteiger partial charge in [0.15, 0.2) is 0 Å². The lowest BCUT2D eigenvalue weighted by atomic mass is 10.1. The topological polar surface area (TPSA) is 139 Å². The minimum atomic E-state index is -1.50. The lowest BCUT2D eigenvalue weighted by molar-refractivity contribution is -0.307. The second-order valence-electron chi connectivity index (χ2n) is 3.16. The van der Waals surface area contributed by atoms with Gasteiger partial charge in [-0.05, 0) is 12.1 Å². The SMILES string of the molecule is CCOc1noc(C(=O)O)c1CC(N)C(=O)[O-]. The summed E-state index contributed by atoms with van der Waals surface area (Å²) in [4.78, 5) is 21.3. The molecule has 0 amide bonds. The predicted molar refractivity (Wildman–Crippen MR) is 51.3 cm³/mol. The summed E-state index contributed by atoms with van der Waals surface area (Å²) in [5.74, 6) is -3.42. The lowest BCUT2D eigenvalue weighted by Crippen LogP contribution is -2.43. The maximum Gasteiger partial charge on any atom is 0.375 e. The Kier molecular flexibility index (Phi) is 4.05. The summed E-state index contributed by atoms with van der Waals surface area (Å²) < 4.78 is 9.56. The number of carbonyl (C=O) groups excluding carboxylic acids is 1. The minimum Gasteiger partial charge on any atom is -0.548 e. The molecule has 0 fully saturated rings. The summed E-state index contributed by atoms with van der Waals surface area (Å²) in [7, 11) is 0. The number of carbonyl (C=O) groups is 2. The van der Waals surface area contributed by atoms with Gasteiger partial charge in [-0.3, -0.25) is 0 Å². The Hall–Kier alpha value is -2.09. The molecule has 94 valence electrons. The summed E-state index contributed by atoms with van der Waals surface area (Å²) in [6.45, 7) is 1.90. The Morgan fingerprint density at radius 2 is 2.29 bits per heavy atom. The van der Waals surface area contributed by atoms with Crippen molar-refractivity contribution in [3.05, 3.63) is 11.3 Å². The highest BCUT2D eigenvalue weighted by Gasteiger charge is 2.24. The number of carboxylic acids is 2. The number of ether oxygens (including phenoxy) is 1. The van der Waals surface area contributed by atoms with Crippen LogP contribution in [-0.2, 0) is 11.2 Å². The third-order valence-corrected chi connectivity index (χ3v) is 1.95. The third-order valence-electron chi connectivity index (χ3n) is 1.95. The zero-order valence-corrected chi connectivity index (χ0v) is 9.00.